The van der Waals surface area contributed by atoms with Crippen LogP contribution < -0.4 is 36.1 Å². The highest BCUT2D eigenvalue weighted by Crippen LogP contribution is 2.33. The van der Waals surface area contributed by atoms with E-state index in [1.54, 1.807) is 56.7 Å². The van der Waals surface area contributed by atoms with Crippen molar-refractivity contribution in [1.82, 2.24) is 15.4 Å². The summed E-state index contributed by atoms with van der Waals surface area (Å²) in [6.45, 7) is 0. The number of ether oxygens (including phenoxy) is 3. The monoisotopic (exact) mass is 410 g/mol. The third kappa shape index (κ3) is 4.43. The second kappa shape index (κ2) is 9.32. The molecule has 0 saturated carbocycles. The quantitative estimate of drug-likeness (QED) is 0.414. The maximum absolute atomic E-state index is 12.4. The highest BCUT2D eigenvalue weighted by Gasteiger charge is 2.14. The van der Waals surface area contributed by atoms with Gasteiger partial charge in [0.15, 0.2) is 11.6 Å². The van der Waals surface area contributed by atoms with Crippen molar-refractivity contribution in [3.63, 3.8) is 0 Å². The Kier molecular flexibility index (Phi) is 6.38. The minimum Gasteiger partial charge on any atom is -0.497 e. The summed E-state index contributed by atoms with van der Waals surface area (Å²) in [5.74, 6) is 1.80. The molecule has 10 nitrogen and oxygen atoms in total. The lowest BCUT2D eigenvalue weighted by Crippen LogP contribution is -2.30. The SMILES string of the molecule is COc1ccc(Nc2ncnc(NNC(=O)c3ccccc3OC)c2N)c(OC)c1. The zero-order chi connectivity index (χ0) is 21.5. The van der Waals surface area contributed by atoms with Crippen LogP contribution in [-0.4, -0.2) is 37.2 Å². The van der Waals surface area contributed by atoms with E-state index in [-0.39, 0.29) is 11.5 Å². The molecular weight excluding hydrogens is 388 g/mol. The normalized spacial score (nSPS) is 10.1. The Morgan fingerprint density at radius 1 is 0.933 bits per heavy atom. The number of nitrogens with zero attached hydrogens (tertiary/aromatic N) is 2. The summed E-state index contributed by atoms with van der Waals surface area (Å²) in [6, 6.07) is 12.1. The van der Waals surface area contributed by atoms with Gasteiger partial charge in [-0.15, -0.1) is 0 Å². The molecule has 3 rings (SSSR count). The van der Waals surface area contributed by atoms with Gasteiger partial charge in [-0.3, -0.25) is 15.6 Å². The van der Waals surface area contributed by atoms with Crippen molar-refractivity contribution in [3.05, 3.63) is 54.4 Å². The van der Waals surface area contributed by atoms with Gasteiger partial charge in [-0.25, -0.2) is 9.97 Å². The van der Waals surface area contributed by atoms with Crippen LogP contribution in [-0.2, 0) is 0 Å². The number of hydrazine groups is 1. The molecule has 30 heavy (non-hydrogen) atoms. The van der Waals surface area contributed by atoms with E-state index in [1.807, 2.05) is 0 Å². The van der Waals surface area contributed by atoms with E-state index < -0.39 is 5.91 Å². The van der Waals surface area contributed by atoms with E-state index in [0.29, 0.717) is 34.3 Å². The Morgan fingerprint density at radius 3 is 2.40 bits per heavy atom. The number of anilines is 4. The largest absolute Gasteiger partial charge is 0.497 e. The fraction of sp³-hybridized carbons (Fsp3) is 0.150. The lowest BCUT2D eigenvalue weighted by atomic mass is 10.2. The lowest BCUT2D eigenvalue weighted by molar-refractivity contribution is 0.0959. The number of para-hydroxylation sites is 1. The van der Waals surface area contributed by atoms with E-state index >= 15 is 0 Å². The Hall–Kier alpha value is -4.21. The van der Waals surface area contributed by atoms with Crippen molar-refractivity contribution < 1.29 is 19.0 Å². The first kappa shape index (κ1) is 20.5. The van der Waals surface area contributed by atoms with E-state index in [4.69, 9.17) is 19.9 Å². The summed E-state index contributed by atoms with van der Waals surface area (Å²) in [5, 5.41) is 3.09. The molecule has 3 aromatic rings. The van der Waals surface area contributed by atoms with E-state index in [0.717, 1.165) is 0 Å². The lowest BCUT2D eigenvalue weighted by Gasteiger charge is -2.15. The molecule has 0 unspecified atom stereocenters. The number of amides is 1. The van der Waals surface area contributed by atoms with E-state index in [2.05, 4.69) is 26.1 Å². The Morgan fingerprint density at radius 2 is 1.67 bits per heavy atom. The molecule has 156 valence electrons. The Balaban J connectivity index is 1.76. The average Bonchev–Trinajstić information content (AvgIpc) is 2.79. The molecule has 2 aromatic carbocycles. The number of hydrogen-bond donors (Lipinski definition) is 4. The smallest absolute Gasteiger partial charge is 0.273 e. The standard InChI is InChI=1S/C20H22N6O4/c1-28-12-8-9-14(16(10-12)30-3)24-18-17(21)19(23-11-22-18)25-26-20(27)13-6-4-5-7-15(13)29-2/h4-11H,21H2,1-3H3,(H,26,27)(H2,22,23,24,25). The molecule has 0 fully saturated rings. The first-order chi connectivity index (χ1) is 14.6. The number of carbonyl (C=O) groups excluding carboxylic acids is 1. The molecule has 10 heteroatoms. The minimum absolute atomic E-state index is 0.204. The van der Waals surface area contributed by atoms with Crippen LogP contribution in [0.4, 0.5) is 23.0 Å². The van der Waals surface area contributed by atoms with Gasteiger partial charge in [0.05, 0.1) is 32.6 Å². The number of benzene rings is 2. The molecule has 0 aliphatic heterocycles. The highest BCUT2D eigenvalue weighted by molar-refractivity contribution is 5.97. The molecule has 1 amide bonds. The third-order valence-corrected chi connectivity index (χ3v) is 4.19. The van der Waals surface area contributed by atoms with Gasteiger partial charge < -0.3 is 25.3 Å². The van der Waals surface area contributed by atoms with Gasteiger partial charge in [-0.1, -0.05) is 12.1 Å². The van der Waals surface area contributed by atoms with Crippen LogP contribution >= 0.6 is 0 Å². The average molecular weight is 410 g/mol. The van der Waals surface area contributed by atoms with Crippen molar-refractivity contribution in [2.75, 3.05) is 37.8 Å². The number of nitrogens with two attached hydrogens (primary N) is 1. The molecule has 1 aromatic heterocycles. The number of nitrogens with one attached hydrogen (secondary N) is 3. The van der Waals surface area contributed by atoms with Crippen LogP contribution in [0.3, 0.4) is 0 Å². The molecule has 0 spiro atoms. The predicted molar refractivity (Wildman–Crippen MR) is 113 cm³/mol. The summed E-state index contributed by atoms with van der Waals surface area (Å²) in [4.78, 5) is 20.7. The summed E-state index contributed by atoms with van der Waals surface area (Å²) in [5.41, 5.74) is 12.6. The molecule has 0 radical (unpaired) electrons. The van der Waals surface area contributed by atoms with Gasteiger partial charge >= 0.3 is 0 Å². The van der Waals surface area contributed by atoms with Crippen LogP contribution in [0.1, 0.15) is 10.4 Å². The summed E-state index contributed by atoms with van der Waals surface area (Å²) in [7, 11) is 4.61. The zero-order valence-corrected chi connectivity index (χ0v) is 16.7. The van der Waals surface area contributed by atoms with Crippen molar-refractivity contribution in [3.8, 4) is 17.2 Å². The molecule has 0 atom stereocenters. The number of rotatable bonds is 8. The number of hydrogen-bond acceptors (Lipinski definition) is 9. The van der Waals surface area contributed by atoms with Crippen LogP contribution in [0.15, 0.2) is 48.8 Å². The summed E-state index contributed by atoms with van der Waals surface area (Å²) < 4.78 is 15.8. The van der Waals surface area contributed by atoms with Gasteiger partial charge in [0, 0.05) is 6.07 Å². The summed E-state index contributed by atoms with van der Waals surface area (Å²) in [6.07, 6.45) is 1.31. The zero-order valence-electron chi connectivity index (χ0n) is 16.7. The van der Waals surface area contributed by atoms with Crippen molar-refractivity contribution in [2.24, 2.45) is 0 Å². The minimum atomic E-state index is -0.406. The maximum atomic E-state index is 12.4. The number of carbonyl (C=O) groups is 1. The highest BCUT2D eigenvalue weighted by atomic mass is 16.5. The van der Waals surface area contributed by atoms with Crippen molar-refractivity contribution in [1.29, 1.82) is 0 Å². The van der Waals surface area contributed by atoms with Gasteiger partial charge in [0.1, 0.15) is 29.3 Å². The molecule has 1 heterocycles. The Labute approximate surface area is 173 Å². The van der Waals surface area contributed by atoms with Gasteiger partial charge in [0.25, 0.3) is 5.91 Å². The van der Waals surface area contributed by atoms with Crippen LogP contribution in [0, 0.1) is 0 Å². The predicted octanol–water partition coefficient (Wildman–Crippen LogP) is 2.59. The van der Waals surface area contributed by atoms with Gasteiger partial charge in [0.2, 0.25) is 0 Å². The molecule has 5 N–H and O–H groups in total. The molecule has 0 aliphatic carbocycles. The number of methoxy groups -OCH3 is 3. The van der Waals surface area contributed by atoms with Crippen molar-refractivity contribution in [2.45, 2.75) is 0 Å². The maximum Gasteiger partial charge on any atom is 0.273 e. The molecule has 0 bridgehead atoms. The molecular formula is C20H22N6O4. The van der Waals surface area contributed by atoms with Crippen LogP contribution in [0.5, 0.6) is 17.2 Å². The fourth-order valence-electron chi connectivity index (χ4n) is 2.64. The van der Waals surface area contributed by atoms with Crippen LogP contribution in [0.25, 0.3) is 0 Å². The van der Waals surface area contributed by atoms with Gasteiger partial charge in [-0.05, 0) is 24.3 Å². The molecule has 0 aliphatic rings. The van der Waals surface area contributed by atoms with Crippen molar-refractivity contribution >= 4 is 28.9 Å². The first-order valence-corrected chi connectivity index (χ1v) is 8.86. The van der Waals surface area contributed by atoms with Crippen LogP contribution in [0.2, 0.25) is 0 Å². The van der Waals surface area contributed by atoms with Gasteiger partial charge in [-0.2, -0.15) is 0 Å². The first-order valence-electron chi connectivity index (χ1n) is 8.86. The van der Waals surface area contributed by atoms with E-state index in [1.165, 1.54) is 13.4 Å². The number of aromatic nitrogens is 2. The second-order valence-corrected chi connectivity index (χ2v) is 5.96. The molecule has 0 saturated heterocycles. The third-order valence-electron chi connectivity index (χ3n) is 4.19. The topological polar surface area (TPSA) is 133 Å². The second-order valence-electron chi connectivity index (χ2n) is 5.96. The summed E-state index contributed by atoms with van der Waals surface area (Å²) >= 11 is 0. The Bertz CT molecular complexity index is 1040. The fourth-order valence-corrected chi connectivity index (χ4v) is 2.64. The van der Waals surface area contributed by atoms with E-state index in [9.17, 15) is 4.79 Å². The number of nitrogen functional groups attached to an aromatic ring is 1.